The van der Waals surface area contributed by atoms with Crippen molar-refractivity contribution in [2.45, 2.75) is 18.7 Å². The molecule has 2 aromatic heterocycles. The minimum atomic E-state index is -3.82. The molecule has 3 aromatic rings. The number of aryl methyl sites for hydroxylation is 1. The molecule has 2 N–H and O–H groups in total. The van der Waals surface area contributed by atoms with Crippen LogP contribution in [0.2, 0.25) is 0 Å². The van der Waals surface area contributed by atoms with Crippen molar-refractivity contribution in [2.75, 3.05) is 6.61 Å². The molecule has 0 atom stereocenters. The van der Waals surface area contributed by atoms with E-state index in [0.29, 0.717) is 16.9 Å². The molecule has 0 aliphatic rings. The Bertz CT molecular complexity index is 1200. The summed E-state index contributed by atoms with van der Waals surface area (Å²) in [6.07, 6.45) is 1.53. The van der Waals surface area contributed by atoms with Crippen LogP contribution in [0.3, 0.4) is 0 Å². The van der Waals surface area contributed by atoms with Crippen molar-refractivity contribution in [3.05, 3.63) is 64.2 Å². The average molecular weight is 387 g/mol. The number of benzene rings is 1. The Balaban J connectivity index is 2.15. The van der Waals surface area contributed by atoms with Gasteiger partial charge in [0.25, 0.3) is 5.56 Å². The SMILES string of the molecule is CCOC(=O)c1cc2c(=O)n(-c3ccc(S(N)(=O)=O)cc3)ccc2nc1C. The Labute approximate surface area is 155 Å². The summed E-state index contributed by atoms with van der Waals surface area (Å²) in [5.41, 5.74) is 1.20. The van der Waals surface area contributed by atoms with E-state index in [1.165, 1.54) is 41.1 Å². The highest BCUT2D eigenvalue weighted by Gasteiger charge is 2.15. The smallest absolute Gasteiger partial charge is 0.339 e. The monoisotopic (exact) mass is 387 g/mol. The summed E-state index contributed by atoms with van der Waals surface area (Å²) in [4.78, 5) is 29.2. The van der Waals surface area contributed by atoms with Crippen LogP contribution in [0.1, 0.15) is 23.0 Å². The van der Waals surface area contributed by atoms with Crippen molar-refractivity contribution in [2.24, 2.45) is 5.14 Å². The summed E-state index contributed by atoms with van der Waals surface area (Å²) in [5.74, 6) is -0.545. The lowest BCUT2D eigenvalue weighted by molar-refractivity contribution is 0.0525. The fourth-order valence-corrected chi connectivity index (χ4v) is 3.20. The van der Waals surface area contributed by atoms with E-state index < -0.39 is 21.6 Å². The zero-order chi connectivity index (χ0) is 19.8. The first-order valence-electron chi connectivity index (χ1n) is 8.05. The first kappa shape index (κ1) is 18.7. The van der Waals surface area contributed by atoms with Crippen molar-refractivity contribution in [3.8, 4) is 5.69 Å². The topological polar surface area (TPSA) is 121 Å². The van der Waals surface area contributed by atoms with Crippen molar-refractivity contribution in [1.29, 1.82) is 0 Å². The van der Waals surface area contributed by atoms with E-state index in [4.69, 9.17) is 9.88 Å². The van der Waals surface area contributed by atoms with Crippen LogP contribution in [0, 0.1) is 6.92 Å². The van der Waals surface area contributed by atoms with Crippen LogP contribution in [0.25, 0.3) is 16.6 Å². The molecule has 0 aliphatic heterocycles. The van der Waals surface area contributed by atoms with Crippen molar-refractivity contribution < 1.29 is 17.9 Å². The Morgan fingerprint density at radius 1 is 1.22 bits per heavy atom. The minimum absolute atomic E-state index is 0.0537. The van der Waals surface area contributed by atoms with Crippen LogP contribution in [-0.4, -0.2) is 30.5 Å². The van der Waals surface area contributed by atoms with E-state index in [-0.39, 0.29) is 22.5 Å². The van der Waals surface area contributed by atoms with Crippen LogP contribution >= 0.6 is 0 Å². The molecule has 0 saturated heterocycles. The zero-order valence-corrected chi connectivity index (χ0v) is 15.5. The molecule has 0 unspecified atom stereocenters. The van der Waals surface area contributed by atoms with Gasteiger partial charge in [0, 0.05) is 11.9 Å². The molecule has 1 aromatic carbocycles. The Morgan fingerprint density at radius 3 is 2.48 bits per heavy atom. The number of nitrogens with zero attached hydrogens (tertiary/aromatic N) is 2. The van der Waals surface area contributed by atoms with Gasteiger partial charge in [-0.05, 0) is 50.2 Å². The number of fused-ring (bicyclic) bond motifs is 1. The van der Waals surface area contributed by atoms with Gasteiger partial charge in [-0.3, -0.25) is 14.3 Å². The quantitative estimate of drug-likeness (QED) is 0.678. The van der Waals surface area contributed by atoms with E-state index in [2.05, 4.69) is 4.98 Å². The third kappa shape index (κ3) is 3.60. The number of carbonyl (C=O) groups is 1. The number of aromatic nitrogens is 2. The molecule has 9 heteroatoms. The number of nitrogens with two attached hydrogens (primary N) is 1. The number of pyridine rings is 2. The molecule has 2 heterocycles. The Hall–Kier alpha value is -3.04. The van der Waals surface area contributed by atoms with E-state index >= 15 is 0 Å². The van der Waals surface area contributed by atoms with Gasteiger partial charge in [-0.15, -0.1) is 0 Å². The second-order valence-corrected chi connectivity index (χ2v) is 7.37. The fourth-order valence-electron chi connectivity index (χ4n) is 2.68. The molecule has 0 spiro atoms. The van der Waals surface area contributed by atoms with E-state index in [9.17, 15) is 18.0 Å². The maximum absolute atomic E-state index is 12.9. The van der Waals surface area contributed by atoms with Crippen molar-refractivity contribution >= 4 is 26.9 Å². The molecule has 0 radical (unpaired) electrons. The number of carbonyl (C=O) groups excluding carboxylic acids is 1. The minimum Gasteiger partial charge on any atom is -0.462 e. The van der Waals surface area contributed by atoms with Gasteiger partial charge in [0.15, 0.2) is 0 Å². The van der Waals surface area contributed by atoms with Gasteiger partial charge >= 0.3 is 5.97 Å². The Kier molecular flexibility index (Phi) is 4.81. The Morgan fingerprint density at radius 2 is 1.89 bits per heavy atom. The van der Waals surface area contributed by atoms with Crippen LogP contribution in [0.5, 0.6) is 0 Å². The van der Waals surface area contributed by atoms with Crippen LogP contribution in [0.15, 0.2) is 52.3 Å². The van der Waals surface area contributed by atoms with Gasteiger partial charge in [-0.2, -0.15) is 0 Å². The zero-order valence-electron chi connectivity index (χ0n) is 14.7. The highest BCUT2D eigenvalue weighted by atomic mass is 32.2. The summed E-state index contributed by atoms with van der Waals surface area (Å²) >= 11 is 0. The molecule has 0 aliphatic carbocycles. The molecule has 27 heavy (non-hydrogen) atoms. The number of rotatable bonds is 4. The summed E-state index contributed by atoms with van der Waals surface area (Å²) < 4.78 is 29.1. The van der Waals surface area contributed by atoms with E-state index in [1.807, 2.05) is 0 Å². The predicted octanol–water partition coefficient (Wildman–Crippen LogP) is 1.52. The molecule has 0 saturated carbocycles. The lowest BCUT2D eigenvalue weighted by Gasteiger charge is -2.10. The summed E-state index contributed by atoms with van der Waals surface area (Å²) in [7, 11) is -3.82. The van der Waals surface area contributed by atoms with Gasteiger partial charge in [0.05, 0.1) is 33.7 Å². The molecule has 0 fully saturated rings. The highest BCUT2D eigenvalue weighted by molar-refractivity contribution is 7.89. The number of hydrogen-bond donors (Lipinski definition) is 1. The van der Waals surface area contributed by atoms with E-state index in [1.54, 1.807) is 19.9 Å². The maximum atomic E-state index is 12.9. The third-order valence-corrected chi connectivity index (χ3v) is 4.94. The van der Waals surface area contributed by atoms with Crippen LogP contribution < -0.4 is 10.7 Å². The second-order valence-electron chi connectivity index (χ2n) is 5.80. The number of primary sulfonamides is 1. The van der Waals surface area contributed by atoms with Crippen molar-refractivity contribution in [3.63, 3.8) is 0 Å². The van der Waals surface area contributed by atoms with Gasteiger partial charge in [-0.1, -0.05) is 0 Å². The second kappa shape index (κ2) is 6.93. The van der Waals surface area contributed by atoms with Crippen molar-refractivity contribution in [1.82, 2.24) is 9.55 Å². The predicted molar refractivity (Wildman–Crippen MR) is 99.4 cm³/mol. The number of esters is 1. The first-order chi connectivity index (χ1) is 12.7. The third-order valence-electron chi connectivity index (χ3n) is 4.01. The first-order valence-corrected chi connectivity index (χ1v) is 9.60. The molecule has 3 rings (SSSR count). The lowest BCUT2D eigenvalue weighted by atomic mass is 10.1. The molecule has 8 nitrogen and oxygen atoms in total. The fraction of sp³-hybridized carbons (Fsp3) is 0.167. The summed E-state index contributed by atoms with van der Waals surface area (Å²) in [5, 5.41) is 5.34. The largest absolute Gasteiger partial charge is 0.462 e. The van der Waals surface area contributed by atoms with E-state index in [0.717, 1.165) is 0 Å². The number of ether oxygens (including phenoxy) is 1. The van der Waals surface area contributed by atoms with Crippen LogP contribution in [-0.2, 0) is 14.8 Å². The summed E-state index contributed by atoms with van der Waals surface area (Å²) in [6, 6.07) is 8.69. The van der Waals surface area contributed by atoms with Crippen LogP contribution in [0.4, 0.5) is 0 Å². The molecule has 140 valence electrons. The molecule has 0 amide bonds. The van der Waals surface area contributed by atoms with Gasteiger partial charge in [0.2, 0.25) is 10.0 Å². The van der Waals surface area contributed by atoms with Gasteiger partial charge in [-0.25, -0.2) is 18.4 Å². The maximum Gasteiger partial charge on any atom is 0.339 e. The summed E-state index contributed by atoms with van der Waals surface area (Å²) in [6.45, 7) is 3.58. The standard InChI is InChI=1S/C18H17N3O5S/c1-3-26-18(23)14-10-15-16(20-11(14)2)8-9-21(17(15)22)12-4-6-13(7-5-12)27(19,24)25/h4-10H,3H2,1-2H3,(H2,19,24,25). The van der Waals surface area contributed by atoms with Gasteiger partial charge in [0.1, 0.15) is 0 Å². The molecular weight excluding hydrogens is 370 g/mol. The highest BCUT2D eigenvalue weighted by Crippen LogP contribution is 2.17. The average Bonchev–Trinajstić information content (AvgIpc) is 2.61. The normalized spacial score (nSPS) is 11.5. The number of sulfonamides is 1. The van der Waals surface area contributed by atoms with Gasteiger partial charge < -0.3 is 4.74 Å². The molecular formula is C18H17N3O5S. The lowest BCUT2D eigenvalue weighted by Crippen LogP contribution is -2.19. The molecule has 0 bridgehead atoms. The number of hydrogen-bond acceptors (Lipinski definition) is 6.